The highest BCUT2D eigenvalue weighted by Gasteiger charge is 2.35. The summed E-state index contributed by atoms with van der Waals surface area (Å²) < 4.78 is 0. The second kappa shape index (κ2) is 2.78. The first-order valence-electron chi connectivity index (χ1n) is 4.99. The van der Waals surface area contributed by atoms with Crippen LogP contribution in [0.3, 0.4) is 0 Å². The Morgan fingerprint density at radius 1 is 1.18 bits per heavy atom. The Morgan fingerprint density at radius 3 is 2.09 bits per heavy atom. The van der Waals surface area contributed by atoms with Gasteiger partial charge in [-0.3, -0.25) is 0 Å². The SMILES string of the molecule is CC(C)[C@@H]1CN2CCC1CC2. The minimum atomic E-state index is 0.906. The highest BCUT2D eigenvalue weighted by Crippen LogP contribution is 2.36. The van der Waals surface area contributed by atoms with Gasteiger partial charge in [0.05, 0.1) is 0 Å². The quantitative estimate of drug-likeness (QED) is 0.557. The van der Waals surface area contributed by atoms with Crippen molar-refractivity contribution in [2.75, 3.05) is 19.6 Å². The van der Waals surface area contributed by atoms with Crippen LogP contribution in [0.2, 0.25) is 0 Å². The van der Waals surface area contributed by atoms with Crippen molar-refractivity contribution in [3.8, 4) is 0 Å². The van der Waals surface area contributed by atoms with Gasteiger partial charge < -0.3 is 4.90 Å². The van der Waals surface area contributed by atoms with Crippen LogP contribution in [0, 0.1) is 17.8 Å². The van der Waals surface area contributed by atoms with Crippen LogP contribution in [0.15, 0.2) is 0 Å². The summed E-state index contributed by atoms with van der Waals surface area (Å²) in [4.78, 5) is 2.64. The lowest BCUT2D eigenvalue weighted by Gasteiger charge is -2.46. The Bertz CT molecular complexity index is 134. The molecule has 0 N–H and O–H groups in total. The van der Waals surface area contributed by atoms with Crippen LogP contribution >= 0.6 is 0 Å². The van der Waals surface area contributed by atoms with Gasteiger partial charge in [-0.25, -0.2) is 0 Å². The predicted octanol–water partition coefficient (Wildman–Crippen LogP) is 1.98. The second-order valence-corrected chi connectivity index (χ2v) is 4.55. The largest absolute Gasteiger partial charge is 0.303 e. The van der Waals surface area contributed by atoms with Crippen LogP contribution in [-0.2, 0) is 0 Å². The molecule has 1 nitrogen and oxygen atoms in total. The molecule has 1 atom stereocenters. The van der Waals surface area contributed by atoms with E-state index < -0.39 is 0 Å². The summed E-state index contributed by atoms with van der Waals surface area (Å²) in [5, 5.41) is 0. The van der Waals surface area contributed by atoms with E-state index in [1.807, 2.05) is 0 Å². The highest BCUT2D eigenvalue weighted by atomic mass is 15.1. The molecule has 3 aliphatic heterocycles. The minimum absolute atomic E-state index is 0.906. The molecule has 3 heterocycles. The van der Waals surface area contributed by atoms with Gasteiger partial charge in [0.25, 0.3) is 0 Å². The fourth-order valence-corrected chi connectivity index (χ4v) is 2.77. The lowest BCUT2D eigenvalue weighted by molar-refractivity contribution is 0.0277. The molecule has 0 radical (unpaired) electrons. The maximum Gasteiger partial charge on any atom is 0.00148 e. The van der Waals surface area contributed by atoms with Gasteiger partial charge in [-0.2, -0.15) is 0 Å². The van der Waals surface area contributed by atoms with Crippen molar-refractivity contribution in [2.24, 2.45) is 17.8 Å². The van der Waals surface area contributed by atoms with Gasteiger partial charge >= 0.3 is 0 Å². The van der Waals surface area contributed by atoms with Gasteiger partial charge in [0, 0.05) is 6.54 Å². The maximum absolute atomic E-state index is 2.64. The van der Waals surface area contributed by atoms with Gasteiger partial charge in [0.2, 0.25) is 0 Å². The first-order valence-corrected chi connectivity index (χ1v) is 4.99. The van der Waals surface area contributed by atoms with E-state index in [0.29, 0.717) is 0 Å². The van der Waals surface area contributed by atoms with Gasteiger partial charge in [-0.15, -0.1) is 0 Å². The maximum atomic E-state index is 2.64. The van der Waals surface area contributed by atoms with Crippen molar-refractivity contribution < 1.29 is 0 Å². The number of piperidine rings is 3. The van der Waals surface area contributed by atoms with Crippen molar-refractivity contribution in [1.82, 2.24) is 4.90 Å². The average Bonchev–Trinajstić information content (AvgIpc) is 2.06. The molecule has 11 heavy (non-hydrogen) atoms. The van der Waals surface area contributed by atoms with Crippen LogP contribution in [0.1, 0.15) is 26.7 Å². The molecule has 2 bridgehead atoms. The molecule has 3 rings (SSSR count). The van der Waals surface area contributed by atoms with Gasteiger partial charge in [-0.1, -0.05) is 13.8 Å². The molecule has 0 spiro atoms. The molecule has 3 fully saturated rings. The van der Waals surface area contributed by atoms with Crippen LogP contribution in [-0.4, -0.2) is 24.5 Å². The Labute approximate surface area is 69.8 Å². The van der Waals surface area contributed by atoms with Crippen LogP contribution in [0.5, 0.6) is 0 Å². The summed E-state index contributed by atoms with van der Waals surface area (Å²) in [6.07, 6.45) is 2.95. The Hall–Kier alpha value is -0.0400. The molecule has 0 unspecified atom stereocenters. The van der Waals surface area contributed by atoms with E-state index in [1.54, 1.807) is 0 Å². The number of hydrogen-bond acceptors (Lipinski definition) is 1. The van der Waals surface area contributed by atoms with E-state index in [1.165, 1.54) is 32.5 Å². The molecular formula is C10H19N. The standard InChI is InChI=1S/C10H19N/c1-8(2)10-7-11-5-3-9(10)4-6-11/h8-10H,3-7H2,1-2H3/t10-/m0/s1. The summed E-state index contributed by atoms with van der Waals surface area (Å²) in [5.74, 6) is 2.99. The highest BCUT2D eigenvalue weighted by molar-refractivity contribution is 4.87. The van der Waals surface area contributed by atoms with Crippen LogP contribution in [0.4, 0.5) is 0 Å². The van der Waals surface area contributed by atoms with Crippen molar-refractivity contribution in [3.63, 3.8) is 0 Å². The molecule has 1 heteroatoms. The van der Waals surface area contributed by atoms with E-state index in [9.17, 15) is 0 Å². The van der Waals surface area contributed by atoms with Crippen LogP contribution < -0.4 is 0 Å². The van der Waals surface area contributed by atoms with E-state index in [4.69, 9.17) is 0 Å². The van der Waals surface area contributed by atoms with Crippen LogP contribution in [0.25, 0.3) is 0 Å². The molecule has 3 aliphatic rings. The molecule has 64 valence electrons. The fourth-order valence-electron chi connectivity index (χ4n) is 2.77. The minimum Gasteiger partial charge on any atom is -0.303 e. The molecule has 0 saturated carbocycles. The number of nitrogens with zero attached hydrogens (tertiary/aromatic N) is 1. The first-order chi connectivity index (χ1) is 5.27. The average molecular weight is 153 g/mol. The van der Waals surface area contributed by atoms with Gasteiger partial charge in [0.15, 0.2) is 0 Å². The van der Waals surface area contributed by atoms with E-state index in [2.05, 4.69) is 18.7 Å². The third-order valence-corrected chi connectivity index (χ3v) is 3.56. The molecular weight excluding hydrogens is 134 g/mol. The summed E-state index contributed by atoms with van der Waals surface area (Å²) in [5.41, 5.74) is 0. The first kappa shape index (κ1) is 7.60. The summed E-state index contributed by atoms with van der Waals surface area (Å²) in [6, 6.07) is 0. The van der Waals surface area contributed by atoms with Crippen molar-refractivity contribution in [2.45, 2.75) is 26.7 Å². The monoisotopic (exact) mass is 153 g/mol. The third-order valence-electron chi connectivity index (χ3n) is 3.56. The van der Waals surface area contributed by atoms with Crippen molar-refractivity contribution in [1.29, 1.82) is 0 Å². The van der Waals surface area contributed by atoms with E-state index in [-0.39, 0.29) is 0 Å². The summed E-state index contributed by atoms with van der Waals surface area (Å²) >= 11 is 0. The Balaban J connectivity index is 2.03. The smallest absolute Gasteiger partial charge is 0.00148 e. The van der Waals surface area contributed by atoms with Crippen molar-refractivity contribution >= 4 is 0 Å². The predicted molar refractivity (Wildman–Crippen MR) is 47.5 cm³/mol. The molecule has 0 amide bonds. The summed E-state index contributed by atoms with van der Waals surface area (Å²) in [7, 11) is 0. The normalized spacial score (nSPS) is 43.4. The zero-order valence-electron chi connectivity index (χ0n) is 7.71. The topological polar surface area (TPSA) is 3.24 Å². The zero-order chi connectivity index (χ0) is 7.84. The molecule has 0 aromatic heterocycles. The zero-order valence-corrected chi connectivity index (χ0v) is 7.71. The lowest BCUT2D eigenvalue weighted by atomic mass is 9.74. The fraction of sp³-hybridized carbons (Fsp3) is 1.00. The number of rotatable bonds is 1. The number of hydrogen-bond donors (Lipinski definition) is 0. The molecule has 0 aliphatic carbocycles. The van der Waals surface area contributed by atoms with Gasteiger partial charge in [0.1, 0.15) is 0 Å². The molecule has 0 aromatic carbocycles. The molecule has 3 saturated heterocycles. The summed E-state index contributed by atoms with van der Waals surface area (Å²) in [6.45, 7) is 8.92. The third kappa shape index (κ3) is 1.31. The Kier molecular flexibility index (Phi) is 1.92. The van der Waals surface area contributed by atoms with E-state index in [0.717, 1.165) is 17.8 Å². The van der Waals surface area contributed by atoms with E-state index >= 15 is 0 Å². The van der Waals surface area contributed by atoms with Crippen molar-refractivity contribution in [3.05, 3.63) is 0 Å². The molecule has 0 aromatic rings. The second-order valence-electron chi connectivity index (χ2n) is 4.55. The number of fused-ring (bicyclic) bond motifs is 3. The van der Waals surface area contributed by atoms with Gasteiger partial charge in [-0.05, 0) is 43.7 Å². The Morgan fingerprint density at radius 2 is 1.82 bits per heavy atom. The lowest BCUT2D eigenvalue weighted by Crippen LogP contribution is -2.48.